The lowest BCUT2D eigenvalue weighted by molar-refractivity contribution is 1.07. The van der Waals surface area contributed by atoms with E-state index in [4.69, 9.17) is 15.0 Å². The largest absolute Gasteiger partial charge is 0.208 e. The van der Waals surface area contributed by atoms with Crippen molar-refractivity contribution in [1.82, 2.24) is 15.0 Å². The summed E-state index contributed by atoms with van der Waals surface area (Å²) in [5, 5.41) is 5.26. The molecule has 0 spiro atoms. The molecular formula is C39H29N3Si. The Kier molecular flexibility index (Phi) is 7.26. The fraction of sp³-hybridized carbons (Fsp3) is 0. The Morgan fingerprint density at radius 3 is 0.977 bits per heavy atom. The maximum atomic E-state index is 5.03. The highest BCUT2D eigenvalue weighted by atomic mass is 28.3. The molecule has 0 aliphatic rings. The molecule has 0 saturated heterocycles. The zero-order valence-electron chi connectivity index (χ0n) is 23.6. The second-order valence-electron chi connectivity index (χ2n) is 10.5. The van der Waals surface area contributed by atoms with Gasteiger partial charge in [-0.25, -0.2) is 15.0 Å². The van der Waals surface area contributed by atoms with Gasteiger partial charge in [-0.3, -0.25) is 0 Å². The summed E-state index contributed by atoms with van der Waals surface area (Å²) in [7, 11) is -2.69. The normalized spacial score (nSPS) is 11.3. The molecular weight excluding hydrogens is 539 g/mol. The van der Waals surface area contributed by atoms with Crippen molar-refractivity contribution in [3.8, 4) is 34.2 Å². The van der Waals surface area contributed by atoms with Gasteiger partial charge in [-0.05, 0) is 20.7 Å². The predicted molar refractivity (Wildman–Crippen MR) is 180 cm³/mol. The molecule has 0 aliphatic heterocycles. The molecule has 0 saturated carbocycles. The Bertz CT molecular complexity index is 1790. The van der Waals surface area contributed by atoms with Crippen LogP contribution in [0.15, 0.2) is 176 Å². The van der Waals surface area contributed by atoms with Crippen LogP contribution in [0.2, 0.25) is 0 Å². The van der Waals surface area contributed by atoms with Crippen LogP contribution in [0.3, 0.4) is 0 Å². The van der Waals surface area contributed by atoms with E-state index >= 15 is 0 Å². The molecule has 204 valence electrons. The van der Waals surface area contributed by atoms with Crippen molar-refractivity contribution < 1.29 is 0 Å². The summed E-state index contributed by atoms with van der Waals surface area (Å²) >= 11 is 0. The maximum absolute atomic E-state index is 5.03. The third kappa shape index (κ3) is 5.09. The van der Waals surface area contributed by atoms with Crippen LogP contribution < -0.4 is 20.7 Å². The van der Waals surface area contributed by atoms with E-state index in [9.17, 15) is 0 Å². The highest BCUT2D eigenvalue weighted by molar-refractivity contribution is 7.19. The molecule has 0 atom stereocenters. The van der Waals surface area contributed by atoms with Crippen molar-refractivity contribution >= 4 is 28.8 Å². The number of hydrogen-bond acceptors (Lipinski definition) is 3. The predicted octanol–water partition coefficient (Wildman–Crippen LogP) is 6.25. The molecule has 3 nitrogen and oxygen atoms in total. The maximum Gasteiger partial charge on any atom is 0.179 e. The first-order valence-electron chi connectivity index (χ1n) is 14.5. The molecule has 0 N–H and O–H groups in total. The van der Waals surface area contributed by atoms with Gasteiger partial charge >= 0.3 is 0 Å². The zero-order chi connectivity index (χ0) is 28.9. The molecule has 0 fully saturated rings. The van der Waals surface area contributed by atoms with Crippen molar-refractivity contribution in [2.45, 2.75) is 0 Å². The third-order valence-corrected chi connectivity index (χ3v) is 12.6. The van der Waals surface area contributed by atoms with Crippen molar-refractivity contribution in [3.63, 3.8) is 0 Å². The topological polar surface area (TPSA) is 38.7 Å². The van der Waals surface area contributed by atoms with Crippen LogP contribution in [0.1, 0.15) is 0 Å². The van der Waals surface area contributed by atoms with Gasteiger partial charge in [0.05, 0.1) is 0 Å². The highest BCUT2D eigenvalue weighted by Crippen LogP contribution is 2.24. The average molecular weight is 568 g/mol. The van der Waals surface area contributed by atoms with E-state index in [0.717, 1.165) is 16.7 Å². The van der Waals surface area contributed by atoms with Gasteiger partial charge in [0.2, 0.25) is 0 Å². The van der Waals surface area contributed by atoms with Crippen LogP contribution >= 0.6 is 0 Å². The molecule has 7 aromatic rings. The second kappa shape index (κ2) is 11.8. The van der Waals surface area contributed by atoms with E-state index in [-0.39, 0.29) is 0 Å². The number of benzene rings is 6. The Labute approximate surface area is 253 Å². The lowest BCUT2D eigenvalue weighted by atomic mass is 10.1. The SMILES string of the molecule is c1ccc(-c2nc(-c3ccccc3)nc(-c3cccc([Si](c4ccccc4)(c4ccccc4)c4ccccc4)c3)n2)cc1. The van der Waals surface area contributed by atoms with Crippen molar-refractivity contribution in [2.24, 2.45) is 0 Å². The molecule has 0 bridgehead atoms. The van der Waals surface area contributed by atoms with Crippen LogP contribution in [0.4, 0.5) is 0 Å². The van der Waals surface area contributed by atoms with E-state index < -0.39 is 8.07 Å². The number of rotatable bonds is 7. The third-order valence-electron chi connectivity index (χ3n) is 7.87. The Hall–Kier alpha value is -5.45. The van der Waals surface area contributed by atoms with Gasteiger partial charge in [0.15, 0.2) is 25.5 Å². The molecule has 7 rings (SSSR count). The van der Waals surface area contributed by atoms with Crippen molar-refractivity contribution in [2.75, 3.05) is 0 Å². The van der Waals surface area contributed by atoms with Gasteiger partial charge in [-0.2, -0.15) is 0 Å². The van der Waals surface area contributed by atoms with Crippen LogP contribution in [0, 0.1) is 0 Å². The molecule has 1 heterocycles. The average Bonchev–Trinajstić information content (AvgIpc) is 3.11. The minimum Gasteiger partial charge on any atom is -0.208 e. The smallest absolute Gasteiger partial charge is 0.179 e. The molecule has 1 aromatic heterocycles. The summed E-state index contributed by atoms with van der Waals surface area (Å²) in [6.07, 6.45) is 0. The lowest BCUT2D eigenvalue weighted by Gasteiger charge is -2.34. The monoisotopic (exact) mass is 567 g/mol. The van der Waals surface area contributed by atoms with Crippen LogP contribution in [0.25, 0.3) is 34.2 Å². The Morgan fingerprint density at radius 1 is 0.279 bits per heavy atom. The van der Waals surface area contributed by atoms with Crippen molar-refractivity contribution in [1.29, 1.82) is 0 Å². The zero-order valence-corrected chi connectivity index (χ0v) is 24.6. The van der Waals surface area contributed by atoms with E-state index in [1.165, 1.54) is 20.7 Å². The van der Waals surface area contributed by atoms with Crippen LogP contribution in [-0.4, -0.2) is 23.0 Å². The van der Waals surface area contributed by atoms with Crippen molar-refractivity contribution in [3.05, 3.63) is 176 Å². The van der Waals surface area contributed by atoms with Gasteiger partial charge in [0.25, 0.3) is 0 Å². The summed E-state index contributed by atoms with van der Waals surface area (Å²) in [6.45, 7) is 0. The minimum atomic E-state index is -2.69. The van der Waals surface area contributed by atoms with Crippen LogP contribution in [0.5, 0.6) is 0 Å². The molecule has 0 radical (unpaired) electrons. The standard InChI is InChI=1S/C39H29N3Si/c1-6-17-30(18-7-1)37-40-38(31-19-8-2-9-20-31)42-39(41-37)32-21-16-28-36(29-32)43(33-22-10-3-11-23-33,34-24-12-4-13-25-34)35-26-14-5-15-27-35/h1-29H. The molecule has 0 unspecified atom stereocenters. The molecule has 0 amide bonds. The fourth-order valence-electron chi connectivity index (χ4n) is 5.89. The second-order valence-corrected chi connectivity index (χ2v) is 14.3. The van der Waals surface area contributed by atoms with Gasteiger partial charge in [0.1, 0.15) is 0 Å². The summed E-state index contributed by atoms with van der Waals surface area (Å²) in [6, 6.07) is 62.0. The highest BCUT2D eigenvalue weighted by Gasteiger charge is 2.41. The minimum absolute atomic E-state index is 0.659. The van der Waals surface area contributed by atoms with Gasteiger partial charge in [0, 0.05) is 16.7 Å². The van der Waals surface area contributed by atoms with E-state index in [1.54, 1.807) is 0 Å². The molecule has 43 heavy (non-hydrogen) atoms. The van der Waals surface area contributed by atoms with E-state index in [2.05, 4.69) is 115 Å². The van der Waals surface area contributed by atoms with E-state index in [0.29, 0.717) is 17.5 Å². The summed E-state index contributed by atoms with van der Waals surface area (Å²) in [5.74, 6) is 1.98. The van der Waals surface area contributed by atoms with Gasteiger partial charge in [-0.15, -0.1) is 0 Å². The molecule has 6 aromatic carbocycles. The number of aromatic nitrogens is 3. The quantitative estimate of drug-likeness (QED) is 0.169. The first kappa shape index (κ1) is 26.4. The lowest BCUT2D eigenvalue weighted by Crippen LogP contribution is -2.74. The number of nitrogens with zero attached hydrogens (tertiary/aromatic N) is 3. The summed E-state index contributed by atoms with van der Waals surface area (Å²) < 4.78 is 0. The number of hydrogen-bond donors (Lipinski definition) is 0. The Balaban J connectivity index is 1.48. The fourth-order valence-corrected chi connectivity index (χ4v) is 10.7. The van der Waals surface area contributed by atoms with Gasteiger partial charge in [-0.1, -0.05) is 176 Å². The molecule has 0 aliphatic carbocycles. The Morgan fingerprint density at radius 2 is 0.581 bits per heavy atom. The summed E-state index contributed by atoms with van der Waals surface area (Å²) in [5.41, 5.74) is 2.89. The van der Waals surface area contributed by atoms with Gasteiger partial charge < -0.3 is 0 Å². The van der Waals surface area contributed by atoms with E-state index in [1.807, 2.05) is 60.7 Å². The molecule has 4 heteroatoms. The van der Waals surface area contributed by atoms with Crippen LogP contribution in [-0.2, 0) is 0 Å². The first-order chi connectivity index (χ1) is 21.3. The first-order valence-corrected chi connectivity index (χ1v) is 16.5. The summed E-state index contributed by atoms with van der Waals surface area (Å²) in [4.78, 5) is 15.0.